The van der Waals surface area contributed by atoms with Gasteiger partial charge < -0.3 is 0 Å². The van der Waals surface area contributed by atoms with Gasteiger partial charge in [-0.2, -0.15) is 0 Å². The maximum absolute atomic E-state index is 11.2. The summed E-state index contributed by atoms with van der Waals surface area (Å²) in [5.41, 5.74) is 4.61. The zero-order valence-electron chi connectivity index (χ0n) is 8.06. The summed E-state index contributed by atoms with van der Waals surface area (Å²) >= 11 is 0.263. The van der Waals surface area contributed by atoms with Crippen LogP contribution in [0.1, 0.15) is 27.0 Å². The SMILES string of the molecule is Cc1ccc([C](=O)[GeH3])c(C)c1C. The van der Waals surface area contributed by atoms with Crippen molar-refractivity contribution in [2.45, 2.75) is 20.8 Å². The fraction of sp³-hybridized carbons (Fsp3) is 0.300. The Morgan fingerprint density at radius 3 is 2.25 bits per heavy atom. The van der Waals surface area contributed by atoms with Gasteiger partial charge in [-0.25, -0.2) is 0 Å². The van der Waals surface area contributed by atoms with Crippen LogP contribution in [0.25, 0.3) is 0 Å². The van der Waals surface area contributed by atoms with Crippen molar-refractivity contribution in [3.63, 3.8) is 0 Å². The Morgan fingerprint density at radius 2 is 1.75 bits per heavy atom. The van der Waals surface area contributed by atoms with Gasteiger partial charge in [0.05, 0.1) is 0 Å². The second-order valence-electron chi connectivity index (χ2n) is 3.24. The molecule has 64 valence electrons. The van der Waals surface area contributed by atoms with Gasteiger partial charge in [0.2, 0.25) is 0 Å². The van der Waals surface area contributed by atoms with Crippen LogP contribution in [0, 0.1) is 20.8 Å². The van der Waals surface area contributed by atoms with E-state index in [0.717, 1.165) is 11.1 Å². The van der Waals surface area contributed by atoms with Crippen molar-refractivity contribution < 1.29 is 4.79 Å². The van der Waals surface area contributed by atoms with Crippen LogP contribution in [0.5, 0.6) is 0 Å². The van der Waals surface area contributed by atoms with E-state index in [4.69, 9.17) is 0 Å². The zero-order chi connectivity index (χ0) is 9.30. The summed E-state index contributed by atoms with van der Waals surface area (Å²) in [6.07, 6.45) is 0. The van der Waals surface area contributed by atoms with Gasteiger partial charge in [0.25, 0.3) is 0 Å². The Kier molecular flexibility index (Phi) is 2.73. The minimum atomic E-state index is 0.263. The van der Waals surface area contributed by atoms with Crippen molar-refractivity contribution in [3.8, 4) is 0 Å². The molecule has 0 aliphatic heterocycles. The summed E-state index contributed by atoms with van der Waals surface area (Å²) in [6.45, 7) is 6.18. The summed E-state index contributed by atoms with van der Waals surface area (Å²) in [4.78, 5) is 11.2. The number of aryl methyl sites for hydroxylation is 1. The topological polar surface area (TPSA) is 17.1 Å². The Balaban J connectivity index is 3.36. The standard InChI is InChI=1S/C10H14GeO/c1-6-4-5-9(10(11)12)8(3)7(6)2/h4-5H,1-3,11H3. The predicted octanol–water partition coefficient (Wildman–Crippen LogP) is 1.12. The monoisotopic (exact) mass is 224 g/mol. The maximum atomic E-state index is 11.2. The van der Waals surface area contributed by atoms with Crippen molar-refractivity contribution in [3.05, 3.63) is 34.4 Å². The second kappa shape index (κ2) is 3.44. The van der Waals surface area contributed by atoms with E-state index in [1.165, 1.54) is 11.1 Å². The van der Waals surface area contributed by atoms with Crippen molar-refractivity contribution in [1.29, 1.82) is 0 Å². The third-order valence-electron chi connectivity index (χ3n) is 2.44. The molecular weight excluding hydrogens is 209 g/mol. The second-order valence-corrected chi connectivity index (χ2v) is 5.14. The molecule has 0 atom stereocenters. The molecule has 0 saturated heterocycles. The quantitative estimate of drug-likeness (QED) is 0.651. The van der Waals surface area contributed by atoms with E-state index in [9.17, 15) is 4.79 Å². The zero-order valence-corrected chi connectivity index (χ0v) is 12.3. The molecule has 0 amide bonds. The van der Waals surface area contributed by atoms with Crippen LogP contribution in [0.3, 0.4) is 0 Å². The van der Waals surface area contributed by atoms with E-state index in [0.29, 0.717) is 4.62 Å². The third-order valence-corrected chi connectivity index (χ3v) is 3.57. The summed E-state index contributed by atoms with van der Waals surface area (Å²) in [5.74, 6) is 0. The van der Waals surface area contributed by atoms with E-state index in [1.54, 1.807) is 0 Å². The molecule has 0 saturated carbocycles. The Labute approximate surface area is 81.4 Å². The van der Waals surface area contributed by atoms with Crippen LogP contribution in [-0.4, -0.2) is 21.1 Å². The molecule has 1 rings (SSSR count). The van der Waals surface area contributed by atoms with Gasteiger partial charge in [0.15, 0.2) is 0 Å². The van der Waals surface area contributed by atoms with Crippen LogP contribution in [0.4, 0.5) is 0 Å². The summed E-state index contributed by atoms with van der Waals surface area (Å²) in [7, 11) is 0. The van der Waals surface area contributed by atoms with Crippen LogP contribution in [-0.2, 0) is 0 Å². The number of carbonyl (C=O) groups excluding carboxylic acids is 1. The van der Waals surface area contributed by atoms with Gasteiger partial charge >= 0.3 is 81.1 Å². The average Bonchev–Trinajstić information content (AvgIpc) is 2.00. The van der Waals surface area contributed by atoms with Gasteiger partial charge in [-0.05, 0) is 0 Å². The molecular formula is C10H14GeO. The van der Waals surface area contributed by atoms with Crippen molar-refractivity contribution in [2.24, 2.45) is 0 Å². The molecule has 0 N–H and O–H groups in total. The molecule has 0 aromatic heterocycles. The van der Waals surface area contributed by atoms with Crippen molar-refractivity contribution in [1.82, 2.24) is 0 Å². The van der Waals surface area contributed by atoms with Gasteiger partial charge in [-0.3, -0.25) is 0 Å². The number of carbonyl (C=O) groups is 1. The Bertz CT molecular complexity index is 329. The number of benzene rings is 1. The normalized spacial score (nSPS) is 10.2. The van der Waals surface area contributed by atoms with Crippen molar-refractivity contribution in [2.75, 3.05) is 0 Å². The first-order valence-electron chi connectivity index (χ1n) is 4.11. The summed E-state index contributed by atoms with van der Waals surface area (Å²) in [6, 6.07) is 3.98. The van der Waals surface area contributed by atoms with Crippen LogP contribution in [0.2, 0.25) is 0 Å². The van der Waals surface area contributed by atoms with Gasteiger partial charge in [0, 0.05) is 0 Å². The van der Waals surface area contributed by atoms with E-state index in [1.807, 2.05) is 19.1 Å². The predicted molar refractivity (Wildman–Crippen MR) is 54.9 cm³/mol. The summed E-state index contributed by atoms with van der Waals surface area (Å²) < 4.78 is 0.336. The van der Waals surface area contributed by atoms with Crippen LogP contribution in [0.15, 0.2) is 12.1 Å². The fourth-order valence-corrected chi connectivity index (χ4v) is 2.47. The first kappa shape index (κ1) is 9.52. The molecule has 2 heteroatoms. The molecule has 0 spiro atoms. The first-order valence-corrected chi connectivity index (χ1v) is 6.21. The first-order chi connectivity index (χ1) is 5.54. The van der Waals surface area contributed by atoms with Gasteiger partial charge in [-0.15, -0.1) is 0 Å². The molecule has 0 radical (unpaired) electrons. The van der Waals surface area contributed by atoms with E-state index in [2.05, 4.69) is 13.8 Å². The van der Waals surface area contributed by atoms with Gasteiger partial charge in [0.1, 0.15) is 0 Å². The number of hydrogen-bond acceptors (Lipinski definition) is 1. The number of hydrogen-bond donors (Lipinski definition) is 0. The molecule has 1 aromatic rings. The molecule has 0 aliphatic carbocycles. The van der Waals surface area contributed by atoms with Gasteiger partial charge in [-0.1, -0.05) is 0 Å². The molecule has 0 fully saturated rings. The van der Waals surface area contributed by atoms with E-state index in [-0.39, 0.29) is 16.5 Å². The fourth-order valence-electron chi connectivity index (χ4n) is 1.34. The Hall–Kier alpha value is -0.567. The molecule has 0 bridgehead atoms. The molecule has 0 heterocycles. The molecule has 1 nitrogen and oxygen atoms in total. The van der Waals surface area contributed by atoms with E-state index < -0.39 is 0 Å². The average molecular weight is 223 g/mol. The molecule has 12 heavy (non-hydrogen) atoms. The minimum absolute atomic E-state index is 0.263. The third kappa shape index (κ3) is 1.61. The van der Waals surface area contributed by atoms with Crippen LogP contribution >= 0.6 is 0 Å². The number of rotatable bonds is 1. The van der Waals surface area contributed by atoms with Crippen molar-refractivity contribution >= 4 is 21.1 Å². The summed E-state index contributed by atoms with van der Waals surface area (Å²) in [5, 5.41) is 0. The molecule has 0 aliphatic rings. The molecule has 1 aromatic carbocycles. The Morgan fingerprint density at radius 1 is 1.17 bits per heavy atom. The molecule has 0 unspecified atom stereocenters. The van der Waals surface area contributed by atoms with Crippen LogP contribution < -0.4 is 0 Å². The van der Waals surface area contributed by atoms with E-state index >= 15 is 0 Å².